The van der Waals surface area contributed by atoms with Crippen LogP contribution >= 0.6 is 0 Å². The first-order valence-electron chi connectivity index (χ1n) is 15.2. The van der Waals surface area contributed by atoms with Crippen LogP contribution in [-0.4, -0.2) is 4.57 Å². The van der Waals surface area contributed by atoms with Gasteiger partial charge in [-0.05, 0) is 75.3 Å². The van der Waals surface area contributed by atoms with E-state index in [1.807, 2.05) is 42.5 Å². The van der Waals surface area contributed by atoms with E-state index in [1.54, 1.807) is 0 Å². The van der Waals surface area contributed by atoms with Gasteiger partial charge in [-0.1, -0.05) is 133 Å². The molecule has 0 N–H and O–H groups in total. The highest BCUT2D eigenvalue weighted by molar-refractivity contribution is 6.12. The summed E-state index contributed by atoms with van der Waals surface area (Å²) in [4.78, 5) is 0. The molecule has 2 nitrogen and oxygen atoms in total. The predicted octanol–water partition coefficient (Wildman–Crippen LogP) is 11.3. The first-order valence-corrected chi connectivity index (χ1v) is 15.2. The molecule has 1 heterocycles. The van der Waals surface area contributed by atoms with Crippen LogP contribution < -0.4 is 0 Å². The highest BCUT2D eigenvalue weighted by Gasteiger charge is 2.21. The van der Waals surface area contributed by atoms with Gasteiger partial charge in [-0.2, -0.15) is 5.26 Å². The van der Waals surface area contributed by atoms with Gasteiger partial charge < -0.3 is 4.57 Å². The molecule has 45 heavy (non-hydrogen) atoms. The highest BCUT2D eigenvalue weighted by atomic mass is 15.0. The maximum absolute atomic E-state index is 10.6. The van der Waals surface area contributed by atoms with E-state index in [9.17, 15) is 5.26 Å². The molecular weight excluding hydrogens is 544 g/mol. The second kappa shape index (κ2) is 11.2. The number of aromatic nitrogens is 1. The molecule has 8 rings (SSSR count). The number of fused-ring (bicyclic) bond motifs is 3. The van der Waals surface area contributed by atoms with Crippen LogP contribution in [0.3, 0.4) is 0 Å². The van der Waals surface area contributed by atoms with Gasteiger partial charge in [0.25, 0.3) is 0 Å². The minimum atomic E-state index is 0.648. The molecule has 0 fully saturated rings. The third-order valence-corrected chi connectivity index (χ3v) is 8.63. The molecule has 8 aromatic rings. The van der Waals surface area contributed by atoms with Crippen LogP contribution in [0.25, 0.3) is 72.0 Å². The minimum absolute atomic E-state index is 0.648. The van der Waals surface area contributed by atoms with E-state index in [1.165, 1.54) is 33.0 Å². The lowest BCUT2D eigenvalue weighted by Gasteiger charge is -2.18. The molecule has 0 bridgehead atoms. The summed E-state index contributed by atoms with van der Waals surface area (Å²) in [7, 11) is 0. The minimum Gasteiger partial charge on any atom is -0.309 e. The van der Waals surface area contributed by atoms with Crippen LogP contribution in [0.4, 0.5) is 0 Å². The molecule has 1 aromatic heterocycles. The monoisotopic (exact) mass is 572 g/mol. The zero-order valence-corrected chi connectivity index (χ0v) is 24.6. The number of rotatable bonds is 5. The van der Waals surface area contributed by atoms with Gasteiger partial charge >= 0.3 is 0 Å². The molecule has 7 aromatic carbocycles. The summed E-state index contributed by atoms with van der Waals surface area (Å²) < 4.78 is 2.35. The van der Waals surface area contributed by atoms with Crippen molar-refractivity contribution in [3.8, 4) is 56.3 Å². The SMILES string of the molecule is N#Cc1cc(-c2ccccc2)cc(-n2c3ccc(-c4ccccc4)cc3c3cc(-c4ccccc4)ccc32)c1-c1ccccc1. The maximum atomic E-state index is 10.6. The summed E-state index contributed by atoms with van der Waals surface area (Å²) in [5.74, 6) is 0. The summed E-state index contributed by atoms with van der Waals surface area (Å²) in [6.45, 7) is 0. The Labute approximate surface area is 262 Å². The van der Waals surface area contributed by atoms with E-state index in [4.69, 9.17) is 0 Å². The fourth-order valence-electron chi connectivity index (χ4n) is 6.50. The first kappa shape index (κ1) is 26.5. The first-order chi connectivity index (χ1) is 22.3. The Morgan fingerprint density at radius 1 is 0.378 bits per heavy atom. The standard InChI is InChI=1S/C43H28N2/c44-29-37-25-36(32-17-9-3-10-18-32)28-42(43(37)33-19-11-4-12-20-33)45-40-23-21-34(30-13-5-1-6-14-30)26-38(40)39-27-35(22-24-41(39)45)31-15-7-2-8-16-31/h1-28H. The quantitative estimate of drug-likeness (QED) is 0.202. The molecule has 0 radical (unpaired) electrons. The van der Waals surface area contributed by atoms with Gasteiger partial charge in [-0.25, -0.2) is 0 Å². The van der Waals surface area contributed by atoms with Crippen molar-refractivity contribution in [2.75, 3.05) is 0 Å². The van der Waals surface area contributed by atoms with Crippen LogP contribution in [-0.2, 0) is 0 Å². The summed E-state index contributed by atoms with van der Waals surface area (Å²) in [6, 6.07) is 62.0. The number of hydrogen-bond acceptors (Lipinski definition) is 1. The largest absolute Gasteiger partial charge is 0.309 e. The van der Waals surface area contributed by atoms with Crippen molar-refractivity contribution in [3.63, 3.8) is 0 Å². The molecule has 0 aliphatic heterocycles. The molecule has 0 spiro atoms. The summed E-state index contributed by atoms with van der Waals surface area (Å²) in [5, 5.41) is 12.9. The van der Waals surface area contributed by atoms with Gasteiger partial charge in [0, 0.05) is 16.3 Å². The number of hydrogen-bond donors (Lipinski definition) is 0. The lowest BCUT2D eigenvalue weighted by atomic mass is 9.93. The third kappa shape index (κ3) is 4.68. The number of benzene rings is 7. The Balaban J connectivity index is 1.49. The second-order valence-electron chi connectivity index (χ2n) is 11.3. The van der Waals surface area contributed by atoms with Crippen molar-refractivity contribution in [2.24, 2.45) is 0 Å². The van der Waals surface area contributed by atoms with Gasteiger partial charge in [0.2, 0.25) is 0 Å². The van der Waals surface area contributed by atoms with Crippen molar-refractivity contribution in [2.45, 2.75) is 0 Å². The highest BCUT2D eigenvalue weighted by Crippen LogP contribution is 2.42. The number of nitrogens with zero attached hydrogens (tertiary/aromatic N) is 2. The molecular formula is C43H28N2. The van der Waals surface area contributed by atoms with Gasteiger partial charge in [0.1, 0.15) is 0 Å². The fourth-order valence-corrected chi connectivity index (χ4v) is 6.50. The normalized spacial score (nSPS) is 11.1. The topological polar surface area (TPSA) is 28.7 Å². The zero-order chi connectivity index (χ0) is 30.2. The van der Waals surface area contributed by atoms with Crippen molar-refractivity contribution in [1.29, 1.82) is 5.26 Å². The summed E-state index contributed by atoms with van der Waals surface area (Å²) >= 11 is 0. The van der Waals surface area contributed by atoms with Crippen molar-refractivity contribution >= 4 is 21.8 Å². The number of nitriles is 1. The Kier molecular flexibility index (Phi) is 6.56. The summed E-state index contributed by atoms with van der Waals surface area (Å²) in [5.41, 5.74) is 12.6. The average molecular weight is 573 g/mol. The molecule has 0 aliphatic rings. The van der Waals surface area contributed by atoms with Crippen LogP contribution in [0, 0.1) is 11.3 Å². The maximum Gasteiger partial charge on any atom is 0.0999 e. The predicted molar refractivity (Wildman–Crippen MR) is 187 cm³/mol. The Morgan fingerprint density at radius 3 is 1.24 bits per heavy atom. The second-order valence-corrected chi connectivity index (χ2v) is 11.3. The van der Waals surface area contributed by atoms with E-state index in [0.29, 0.717) is 5.56 Å². The molecule has 0 saturated heterocycles. The van der Waals surface area contributed by atoms with Crippen molar-refractivity contribution in [1.82, 2.24) is 4.57 Å². The molecule has 210 valence electrons. The van der Waals surface area contributed by atoms with Crippen LogP contribution in [0.2, 0.25) is 0 Å². The van der Waals surface area contributed by atoms with Gasteiger partial charge in [-0.3, -0.25) is 0 Å². The molecule has 0 atom stereocenters. The molecule has 0 saturated carbocycles. The smallest absolute Gasteiger partial charge is 0.0999 e. The van der Waals surface area contributed by atoms with E-state index in [2.05, 4.69) is 138 Å². The van der Waals surface area contributed by atoms with E-state index in [0.717, 1.165) is 39.0 Å². The molecule has 2 heteroatoms. The summed E-state index contributed by atoms with van der Waals surface area (Å²) in [6.07, 6.45) is 0. The Hall–Kier alpha value is -6.17. The van der Waals surface area contributed by atoms with E-state index in [-0.39, 0.29) is 0 Å². The van der Waals surface area contributed by atoms with Crippen LogP contribution in [0.5, 0.6) is 0 Å². The Bertz CT molecular complexity index is 2250. The lowest BCUT2D eigenvalue weighted by Crippen LogP contribution is -2.01. The molecule has 0 amide bonds. The van der Waals surface area contributed by atoms with Crippen LogP contribution in [0.1, 0.15) is 5.56 Å². The van der Waals surface area contributed by atoms with E-state index < -0.39 is 0 Å². The lowest BCUT2D eigenvalue weighted by molar-refractivity contribution is 1.18. The fraction of sp³-hybridized carbons (Fsp3) is 0. The average Bonchev–Trinajstić information content (AvgIpc) is 3.45. The Morgan fingerprint density at radius 2 is 0.800 bits per heavy atom. The van der Waals surface area contributed by atoms with Gasteiger partial charge in [-0.15, -0.1) is 0 Å². The van der Waals surface area contributed by atoms with Crippen molar-refractivity contribution < 1.29 is 0 Å². The molecule has 0 aliphatic carbocycles. The van der Waals surface area contributed by atoms with Crippen LogP contribution in [0.15, 0.2) is 170 Å². The van der Waals surface area contributed by atoms with Gasteiger partial charge in [0.05, 0.1) is 28.4 Å². The zero-order valence-electron chi connectivity index (χ0n) is 24.6. The van der Waals surface area contributed by atoms with Gasteiger partial charge in [0.15, 0.2) is 0 Å². The third-order valence-electron chi connectivity index (χ3n) is 8.63. The van der Waals surface area contributed by atoms with E-state index >= 15 is 0 Å². The van der Waals surface area contributed by atoms with Crippen molar-refractivity contribution in [3.05, 3.63) is 175 Å². The molecule has 0 unspecified atom stereocenters.